The molecule has 0 unspecified atom stereocenters. The van der Waals surface area contributed by atoms with E-state index in [1.54, 1.807) is 26.1 Å². The van der Waals surface area contributed by atoms with Gasteiger partial charge in [-0.25, -0.2) is 13.4 Å². The van der Waals surface area contributed by atoms with Crippen molar-refractivity contribution in [2.75, 3.05) is 35.9 Å². The van der Waals surface area contributed by atoms with Crippen LogP contribution < -0.4 is 9.62 Å². The Hall–Kier alpha value is -2.06. The second-order valence-corrected chi connectivity index (χ2v) is 7.03. The van der Waals surface area contributed by atoms with E-state index in [4.69, 9.17) is 9.15 Å². The van der Waals surface area contributed by atoms with Crippen molar-refractivity contribution in [3.8, 4) is 0 Å². The highest BCUT2D eigenvalue weighted by molar-refractivity contribution is 7.92. The summed E-state index contributed by atoms with van der Waals surface area (Å²) in [5.74, 6) is 1.19. The Bertz CT molecular complexity index is 778. The van der Waals surface area contributed by atoms with Crippen molar-refractivity contribution in [1.29, 1.82) is 0 Å². The number of hydrogen-bond donors (Lipinski definition) is 1. The SMILES string of the molecule is Cc1cc(S(=O)(=O)Nc2ccc(N3CCOCC3)cn2)c(C)o1. The largest absolute Gasteiger partial charge is 0.465 e. The summed E-state index contributed by atoms with van der Waals surface area (Å²) in [7, 11) is -3.70. The summed E-state index contributed by atoms with van der Waals surface area (Å²) >= 11 is 0. The molecule has 0 atom stereocenters. The molecule has 7 nitrogen and oxygen atoms in total. The Morgan fingerprint density at radius 3 is 2.52 bits per heavy atom. The number of aromatic nitrogens is 1. The summed E-state index contributed by atoms with van der Waals surface area (Å²) in [5, 5.41) is 0. The zero-order valence-electron chi connectivity index (χ0n) is 13.1. The summed E-state index contributed by atoms with van der Waals surface area (Å²) in [6.45, 7) is 6.32. The minimum atomic E-state index is -3.70. The number of sulfonamides is 1. The number of rotatable bonds is 4. The smallest absolute Gasteiger partial charge is 0.266 e. The van der Waals surface area contributed by atoms with Crippen LogP contribution in [-0.4, -0.2) is 39.7 Å². The van der Waals surface area contributed by atoms with E-state index < -0.39 is 10.0 Å². The topological polar surface area (TPSA) is 84.7 Å². The van der Waals surface area contributed by atoms with Crippen LogP contribution in [0.3, 0.4) is 0 Å². The third-order valence-electron chi connectivity index (χ3n) is 3.65. The molecule has 0 aliphatic carbocycles. The summed E-state index contributed by atoms with van der Waals surface area (Å²) in [6, 6.07) is 5.01. The number of hydrogen-bond acceptors (Lipinski definition) is 6. The third kappa shape index (κ3) is 3.48. The molecule has 0 aromatic carbocycles. The molecule has 1 aliphatic rings. The number of nitrogens with zero attached hydrogens (tertiary/aromatic N) is 2. The molecule has 2 aromatic rings. The van der Waals surface area contributed by atoms with Crippen LogP contribution in [0.4, 0.5) is 11.5 Å². The first-order chi connectivity index (χ1) is 11.0. The van der Waals surface area contributed by atoms with Crippen molar-refractivity contribution in [2.24, 2.45) is 0 Å². The molecular formula is C15H19N3O4S. The molecule has 0 spiro atoms. The normalized spacial score (nSPS) is 15.7. The maximum Gasteiger partial charge on any atom is 0.266 e. The first-order valence-electron chi connectivity index (χ1n) is 7.34. The number of anilines is 2. The van der Waals surface area contributed by atoms with Gasteiger partial charge in [0.05, 0.1) is 25.1 Å². The van der Waals surface area contributed by atoms with Crippen molar-refractivity contribution < 1.29 is 17.6 Å². The fourth-order valence-electron chi connectivity index (χ4n) is 2.52. The van der Waals surface area contributed by atoms with Crippen LogP contribution in [0.15, 0.2) is 33.7 Å². The van der Waals surface area contributed by atoms with E-state index in [1.807, 2.05) is 6.07 Å². The molecular weight excluding hydrogens is 318 g/mol. The van der Waals surface area contributed by atoms with Crippen LogP contribution in [0.2, 0.25) is 0 Å². The van der Waals surface area contributed by atoms with Gasteiger partial charge in [0, 0.05) is 19.2 Å². The highest BCUT2D eigenvalue weighted by Crippen LogP contribution is 2.23. The average Bonchev–Trinajstić information content (AvgIpc) is 2.88. The van der Waals surface area contributed by atoms with Crippen molar-refractivity contribution in [1.82, 2.24) is 4.98 Å². The zero-order chi connectivity index (χ0) is 16.4. The highest BCUT2D eigenvalue weighted by Gasteiger charge is 2.21. The quantitative estimate of drug-likeness (QED) is 0.918. The number of furan rings is 1. The molecule has 0 bridgehead atoms. The summed E-state index contributed by atoms with van der Waals surface area (Å²) in [6.07, 6.45) is 1.66. The summed E-state index contributed by atoms with van der Waals surface area (Å²) in [4.78, 5) is 6.48. The zero-order valence-corrected chi connectivity index (χ0v) is 13.9. The Balaban J connectivity index is 1.76. The molecule has 1 fully saturated rings. The van der Waals surface area contributed by atoms with E-state index in [0.29, 0.717) is 24.7 Å². The lowest BCUT2D eigenvalue weighted by Gasteiger charge is -2.28. The van der Waals surface area contributed by atoms with Crippen LogP contribution in [-0.2, 0) is 14.8 Å². The second-order valence-electron chi connectivity index (χ2n) is 5.38. The van der Waals surface area contributed by atoms with Gasteiger partial charge in [0.15, 0.2) is 0 Å². The van der Waals surface area contributed by atoms with Gasteiger partial charge in [0.1, 0.15) is 22.2 Å². The van der Waals surface area contributed by atoms with Gasteiger partial charge in [0.2, 0.25) is 0 Å². The molecule has 0 radical (unpaired) electrons. The lowest BCUT2D eigenvalue weighted by Crippen LogP contribution is -2.36. The van der Waals surface area contributed by atoms with E-state index in [-0.39, 0.29) is 10.7 Å². The van der Waals surface area contributed by atoms with E-state index >= 15 is 0 Å². The van der Waals surface area contributed by atoms with E-state index in [0.717, 1.165) is 18.8 Å². The molecule has 3 rings (SSSR count). The first kappa shape index (κ1) is 15.8. The molecule has 1 saturated heterocycles. The van der Waals surface area contributed by atoms with Crippen LogP contribution in [0.25, 0.3) is 0 Å². The molecule has 1 N–H and O–H groups in total. The lowest BCUT2D eigenvalue weighted by atomic mass is 10.3. The van der Waals surface area contributed by atoms with Crippen molar-refractivity contribution in [3.05, 3.63) is 35.9 Å². The summed E-state index contributed by atoms with van der Waals surface area (Å²) in [5.41, 5.74) is 0.951. The number of morpholine rings is 1. The Kier molecular flexibility index (Phi) is 4.27. The Morgan fingerprint density at radius 1 is 1.22 bits per heavy atom. The van der Waals surface area contributed by atoms with Gasteiger partial charge in [-0.3, -0.25) is 4.72 Å². The van der Waals surface area contributed by atoms with Gasteiger partial charge in [0.25, 0.3) is 10.0 Å². The van der Waals surface area contributed by atoms with E-state index in [2.05, 4.69) is 14.6 Å². The minimum absolute atomic E-state index is 0.133. The van der Waals surface area contributed by atoms with Gasteiger partial charge in [-0.2, -0.15) is 0 Å². The Labute approximate surface area is 135 Å². The maximum atomic E-state index is 12.4. The summed E-state index contributed by atoms with van der Waals surface area (Å²) < 4.78 is 37.8. The molecule has 3 heterocycles. The van der Waals surface area contributed by atoms with Crippen molar-refractivity contribution in [3.63, 3.8) is 0 Å². The van der Waals surface area contributed by atoms with Crippen LogP contribution in [0.5, 0.6) is 0 Å². The number of ether oxygens (including phenoxy) is 1. The lowest BCUT2D eigenvalue weighted by molar-refractivity contribution is 0.122. The predicted octanol–water partition coefficient (Wildman–Crippen LogP) is 1.93. The first-order valence-corrected chi connectivity index (χ1v) is 8.82. The van der Waals surface area contributed by atoms with Gasteiger partial charge < -0.3 is 14.1 Å². The predicted molar refractivity (Wildman–Crippen MR) is 86.3 cm³/mol. The van der Waals surface area contributed by atoms with Crippen LogP contribution in [0.1, 0.15) is 11.5 Å². The van der Waals surface area contributed by atoms with Crippen LogP contribution >= 0.6 is 0 Å². The standard InChI is InChI=1S/C15H19N3O4S/c1-11-9-14(12(2)22-11)23(19,20)17-15-4-3-13(10-16-15)18-5-7-21-8-6-18/h3-4,9-10H,5-8H2,1-2H3,(H,16,17). The van der Waals surface area contributed by atoms with Crippen molar-refractivity contribution >= 4 is 21.5 Å². The second kappa shape index (κ2) is 6.21. The fraction of sp³-hybridized carbons (Fsp3) is 0.400. The molecule has 0 amide bonds. The van der Waals surface area contributed by atoms with Gasteiger partial charge in [-0.1, -0.05) is 0 Å². The molecule has 0 saturated carbocycles. The van der Waals surface area contributed by atoms with Gasteiger partial charge in [-0.05, 0) is 26.0 Å². The molecule has 1 aliphatic heterocycles. The number of nitrogens with one attached hydrogen (secondary N) is 1. The average molecular weight is 337 g/mol. The monoisotopic (exact) mass is 337 g/mol. The van der Waals surface area contributed by atoms with Crippen LogP contribution in [0, 0.1) is 13.8 Å². The van der Waals surface area contributed by atoms with Gasteiger partial charge in [-0.15, -0.1) is 0 Å². The number of pyridine rings is 1. The molecule has 124 valence electrons. The molecule has 2 aromatic heterocycles. The molecule has 23 heavy (non-hydrogen) atoms. The minimum Gasteiger partial charge on any atom is -0.465 e. The maximum absolute atomic E-state index is 12.4. The van der Waals surface area contributed by atoms with E-state index in [9.17, 15) is 8.42 Å². The van der Waals surface area contributed by atoms with Crippen molar-refractivity contribution in [2.45, 2.75) is 18.7 Å². The number of aryl methyl sites for hydroxylation is 2. The van der Waals surface area contributed by atoms with E-state index in [1.165, 1.54) is 6.07 Å². The third-order valence-corrected chi connectivity index (χ3v) is 5.11. The molecule has 8 heteroatoms. The highest BCUT2D eigenvalue weighted by atomic mass is 32.2. The fourth-order valence-corrected chi connectivity index (χ4v) is 3.77. The van der Waals surface area contributed by atoms with Gasteiger partial charge >= 0.3 is 0 Å². The Morgan fingerprint density at radius 2 is 1.96 bits per heavy atom.